The summed E-state index contributed by atoms with van der Waals surface area (Å²) in [5, 5.41) is 9.01. The number of likely N-dealkylation sites (N-methyl/N-ethyl adjacent to an activating group) is 1. The van der Waals surface area contributed by atoms with Crippen LogP contribution in [0.2, 0.25) is 0 Å². The number of carboxylic acids is 1. The number of halogens is 1. The molecule has 0 bridgehead atoms. The Kier molecular flexibility index (Phi) is 4.04. The van der Waals surface area contributed by atoms with E-state index < -0.39 is 5.97 Å². The maximum atomic E-state index is 13.9. The van der Waals surface area contributed by atoms with E-state index in [1.165, 1.54) is 6.07 Å². The van der Waals surface area contributed by atoms with Gasteiger partial charge < -0.3 is 10.0 Å². The zero-order valence-electron chi connectivity index (χ0n) is 11.2. The summed E-state index contributed by atoms with van der Waals surface area (Å²) in [4.78, 5) is 15.0. The van der Waals surface area contributed by atoms with Crippen molar-refractivity contribution in [3.05, 3.63) is 30.1 Å². The van der Waals surface area contributed by atoms with Crippen LogP contribution in [0.15, 0.2) is 24.3 Å². The van der Waals surface area contributed by atoms with Gasteiger partial charge in [-0.15, -0.1) is 0 Å². The van der Waals surface area contributed by atoms with E-state index in [0.717, 1.165) is 0 Å². The standard InChI is InChI=1S/C14H19FN2O2/c1-10-8-17(13-6-4-3-5-12(13)15)11(7-14(18)19)9-16(10)2/h3-6,10-11H,7-9H2,1-2H3,(H,18,19). The van der Waals surface area contributed by atoms with Crippen LogP contribution in [-0.4, -0.2) is 48.2 Å². The molecule has 2 unspecified atom stereocenters. The van der Waals surface area contributed by atoms with Crippen LogP contribution in [-0.2, 0) is 4.79 Å². The molecule has 0 radical (unpaired) electrons. The zero-order valence-corrected chi connectivity index (χ0v) is 11.2. The first-order chi connectivity index (χ1) is 8.99. The van der Waals surface area contributed by atoms with E-state index in [-0.39, 0.29) is 24.3 Å². The molecule has 1 aromatic rings. The maximum absolute atomic E-state index is 13.9. The van der Waals surface area contributed by atoms with Gasteiger partial charge in [0.05, 0.1) is 18.2 Å². The average Bonchev–Trinajstić information content (AvgIpc) is 2.34. The lowest BCUT2D eigenvalue weighted by Crippen LogP contribution is -2.57. The molecule has 4 nitrogen and oxygen atoms in total. The molecule has 0 amide bonds. The van der Waals surface area contributed by atoms with Crippen molar-refractivity contribution in [2.24, 2.45) is 0 Å². The summed E-state index contributed by atoms with van der Waals surface area (Å²) in [6.07, 6.45) is 0.0192. The van der Waals surface area contributed by atoms with Gasteiger partial charge in [0.15, 0.2) is 0 Å². The number of rotatable bonds is 3. The van der Waals surface area contributed by atoms with Crippen molar-refractivity contribution in [2.75, 3.05) is 25.0 Å². The predicted molar refractivity (Wildman–Crippen MR) is 71.9 cm³/mol. The summed E-state index contributed by atoms with van der Waals surface area (Å²) >= 11 is 0. The van der Waals surface area contributed by atoms with Gasteiger partial charge in [-0.3, -0.25) is 9.69 Å². The van der Waals surface area contributed by atoms with Gasteiger partial charge in [0.1, 0.15) is 5.82 Å². The molecule has 2 rings (SSSR count). The molecular weight excluding hydrogens is 247 g/mol. The number of benzene rings is 1. The van der Waals surface area contributed by atoms with Crippen LogP contribution < -0.4 is 4.90 Å². The second-order valence-corrected chi connectivity index (χ2v) is 5.14. The van der Waals surface area contributed by atoms with Gasteiger partial charge in [-0.2, -0.15) is 0 Å². The number of nitrogens with zero attached hydrogens (tertiary/aromatic N) is 2. The Bertz CT molecular complexity index is 467. The molecule has 2 atom stereocenters. The van der Waals surface area contributed by atoms with Crippen LogP contribution in [0.25, 0.3) is 0 Å². The van der Waals surface area contributed by atoms with Crippen LogP contribution in [0.4, 0.5) is 10.1 Å². The third-order valence-corrected chi connectivity index (χ3v) is 3.72. The van der Waals surface area contributed by atoms with Crippen molar-refractivity contribution in [3.63, 3.8) is 0 Å². The molecule has 1 N–H and O–H groups in total. The minimum absolute atomic E-state index is 0.0192. The lowest BCUT2D eigenvalue weighted by atomic mass is 10.0. The Morgan fingerprint density at radius 3 is 2.74 bits per heavy atom. The first-order valence-electron chi connectivity index (χ1n) is 6.42. The van der Waals surface area contributed by atoms with Gasteiger partial charge in [-0.1, -0.05) is 12.1 Å². The molecule has 1 aliphatic heterocycles. The highest BCUT2D eigenvalue weighted by molar-refractivity contribution is 5.69. The molecule has 19 heavy (non-hydrogen) atoms. The van der Waals surface area contributed by atoms with Crippen LogP contribution in [0, 0.1) is 5.82 Å². The summed E-state index contributed by atoms with van der Waals surface area (Å²) in [6.45, 7) is 3.32. The minimum atomic E-state index is -0.853. The number of hydrogen-bond donors (Lipinski definition) is 1. The molecule has 1 aromatic carbocycles. The number of carbonyl (C=O) groups is 1. The third-order valence-electron chi connectivity index (χ3n) is 3.72. The van der Waals surface area contributed by atoms with Crippen LogP contribution in [0.5, 0.6) is 0 Å². The normalized spacial score (nSPS) is 24.5. The average molecular weight is 266 g/mol. The molecule has 1 aliphatic rings. The quantitative estimate of drug-likeness (QED) is 0.906. The Morgan fingerprint density at radius 1 is 1.42 bits per heavy atom. The molecule has 0 spiro atoms. The van der Waals surface area contributed by atoms with Gasteiger partial charge in [-0.25, -0.2) is 4.39 Å². The zero-order chi connectivity index (χ0) is 14.0. The van der Waals surface area contributed by atoms with E-state index in [1.807, 2.05) is 11.9 Å². The number of carboxylic acid groups (broad SMARTS) is 1. The van der Waals surface area contributed by atoms with Gasteiger partial charge in [-0.05, 0) is 26.1 Å². The number of aliphatic carboxylic acids is 1. The summed E-state index contributed by atoms with van der Waals surface area (Å²) in [7, 11) is 1.97. The Morgan fingerprint density at radius 2 is 2.11 bits per heavy atom. The Balaban J connectivity index is 2.28. The third kappa shape index (κ3) is 3.04. The minimum Gasteiger partial charge on any atom is -0.481 e. The highest BCUT2D eigenvalue weighted by Crippen LogP contribution is 2.26. The number of hydrogen-bond acceptors (Lipinski definition) is 3. The molecule has 1 saturated heterocycles. The van der Waals surface area contributed by atoms with E-state index in [0.29, 0.717) is 18.8 Å². The van der Waals surface area contributed by atoms with E-state index in [4.69, 9.17) is 5.11 Å². The van der Waals surface area contributed by atoms with Crippen LogP contribution in [0.1, 0.15) is 13.3 Å². The molecule has 0 aromatic heterocycles. The molecular formula is C14H19FN2O2. The summed E-state index contributed by atoms with van der Waals surface area (Å²) in [5.74, 6) is -1.15. The first kappa shape index (κ1) is 13.8. The summed E-state index contributed by atoms with van der Waals surface area (Å²) in [6, 6.07) is 6.61. The SMILES string of the molecule is CC1CN(c2ccccc2F)C(CC(=O)O)CN1C. The van der Waals surface area contributed by atoms with Crippen LogP contribution >= 0.6 is 0 Å². The van der Waals surface area contributed by atoms with Crippen molar-refractivity contribution < 1.29 is 14.3 Å². The van der Waals surface area contributed by atoms with Gasteiger partial charge in [0.2, 0.25) is 0 Å². The fourth-order valence-corrected chi connectivity index (χ4v) is 2.54. The Labute approximate surface area is 112 Å². The molecule has 0 saturated carbocycles. The van der Waals surface area contributed by atoms with Crippen molar-refractivity contribution in [2.45, 2.75) is 25.4 Å². The fourth-order valence-electron chi connectivity index (χ4n) is 2.54. The van der Waals surface area contributed by atoms with E-state index in [9.17, 15) is 9.18 Å². The van der Waals surface area contributed by atoms with Crippen molar-refractivity contribution in [3.8, 4) is 0 Å². The lowest BCUT2D eigenvalue weighted by Gasteiger charge is -2.44. The molecule has 1 fully saturated rings. The highest BCUT2D eigenvalue weighted by atomic mass is 19.1. The monoisotopic (exact) mass is 266 g/mol. The van der Waals surface area contributed by atoms with Gasteiger partial charge in [0.25, 0.3) is 0 Å². The molecule has 5 heteroatoms. The van der Waals surface area contributed by atoms with Gasteiger partial charge >= 0.3 is 5.97 Å². The highest BCUT2D eigenvalue weighted by Gasteiger charge is 2.32. The Hall–Kier alpha value is -1.62. The van der Waals surface area contributed by atoms with E-state index in [1.54, 1.807) is 18.2 Å². The van der Waals surface area contributed by atoms with E-state index in [2.05, 4.69) is 11.8 Å². The van der Waals surface area contributed by atoms with Gasteiger partial charge in [0, 0.05) is 19.1 Å². The molecule has 1 heterocycles. The predicted octanol–water partition coefficient (Wildman–Crippen LogP) is 1.81. The molecule has 0 aliphatic carbocycles. The topological polar surface area (TPSA) is 43.8 Å². The first-order valence-corrected chi connectivity index (χ1v) is 6.42. The van der Waals surface area contributed by atoms with Crippen molar-refractivity contribution in [1.29, 1.82) is 0 Å². The van der Waals surface area contributed by atoms with E-state index >= 15 is 0 Å². The second-order valence-electron chi connectivity index (χ2n) is 5.14. The number of piperazine rings is 1. The smallest absolute Gasteiger partial charge is 0.305 e. The number of para-hydroxylation sites is 1. The van der Waals surface area contributed by atoms with Crippen molar-refractivity contribution >= 4 is 11.7 Å². The maximum Gasteiger partial charge on any atom is 0.305 e. The number of anilines is 1. The fraction of sp³-hybridized carbons (Fsp3) is 0.500. The summed E-state index contributed by atoms with van der Waals surface area (Å²) < 4.78 is 13.9. The second kappa shape index (κ2) is 5.57. The van der Waals surface area contributed by atoms with Crippen LogP contribution in [0.3, 0.4) is 0 Å². The lowest BCUT2D eigenvalue weighted by molar-refractivity contribution is -0.137. The largest absolute Gasteiger partial charge is 0.481 e. The molecule has 104 valence electrons. The summed E-state index contributed by atoms with van der Waals surface area (Å²) in [5.41, 5.74) is 0.494. The van der Waals surface area contributed by atoms with Crippen molar-refractivity contribution in [1.82, 2.24) is 4.90 Å².